The fourth-order valence-electron chi connectivity index (χ4n) is 2.14. The molecule has 0 bridgehead atoms. The highest BCUT2D eigenvalue weighted by Gasteiger charge is 2.11. The first-order chi connectivity index (χ1) is 11.1. The molecule has 23 heavy (non-hydrogen) atoms. The number of fused-ring (bicyclic) bond motifs is 1. The van der Waals surface area contributed by atoms with Crippen LogP contribution in [0.1, 0.15) is 10.4 Å². The number of nitrogens with zero attached hydrogens (tertiary/aromatic N) is 3. The van der Waals surface area contributed by atoms with Gasteiger partial charge in [0.25, 0.3) is 11.5 Å². The van der Waals surface area contributed by atoms with Crippen molar-refractivity contribution >= 4 is 28.7 Å². The Morgan fingerprint density at radius 1 is 1.26 bits per heavy atom. The van der Waals surface area contributed by atoms with Crippen molar-refractivity contribution in [2.24, 2.45) is 0 Å². The molecule has 0 fully saturated rings. The number of aliphatic hydroxyl groups is 1. The molecule has 1 amide bonds. The summed E-state index contributed by atoms with van der Waals surface area (Å²) in [7, 11) is 0. The Morgan fingerprint density at radius 3 is 2.91 bits per heavy atom. The summed E-state index contributed by atoms with van der Waals surface area (Å²) in [4.78, 5) is 23.7. The lowest BCUT2D eigenvalue weighted by atomic mass is 10.2. The SMILES string of the molecule is O=C(NC[C@H](O)Cn1ccccc1=O)c1ccc2nsnc2c1. The third-order valence-corrected chi connectivity index (χ3v) is 3.88. The minimum Gasteiger partial charge on any atom is -0.389 e. The Balaban J connectivity index is 1.59. The van der Waals surface area contributed by atoms with Gasteiger partial charge in [0.2, 0.25) is 0 Å². The van der Waals surface area contributed by atoms with Gasteiger partial charge in [0, 0.05) is 24.4 Å². The fraction of sp³-hybridized carbons (Fsp3) is 0.200. The van der Waals surface area contributed by atoms with Crippen molar-refractivity contribution in [1.82, 2.24) is 18.6 Å². The monoisotopic (exact) mass is 330 g/mol. The largest absolute Gasteiger partial charge is 0.389 e. The van der Waals surface area contributed by atoms with E-state index < -0.39 is 6.10 Å². The Kier molecular flexibility index (Phi) is 4.45. The number of pyridine rings is 1. The summed E-state index contributed by atoms with van der Waals surface area (Å²) >= 11 is 1.09. The highest BCUT2D eigenvalue weighted by Crippen LogP contribution is 2.13. The first-order valence-corrected chi connectivity index (χ1v) is 7.70. The van der Waals surface area contributed by atoms with Gasteiger partial charge in [-0.25, -0.2) is 0 Å². The molecule has 0 saturated carbocycles. The van der Waals surface area contributed by atoms with Crippen LogP contribution in [0.5, 0.6) is 0 Å². The van der Waals surface area contributed by atoms with Crippen LogP contribution in [0, 0.1) is 0 Å². The van der Waals surface area contributed by atoms with Crippen LogP contribution in [0.3, 0.4) is 0 Å². The van der Waals surface area contributed by atoms with Gasteiger partial charge in [-0.05, 0) is 24.3 Å². The highest BCUT2D eigenvalue weighted by molar-refractivity contribution is 7.00. The van der Waals surface area contributed by atoms with E-state index >= 15 is 0 Å². The summed E-state index contributed by atoms with van der Waals surface area (Å²) in [5.74, 6) is -0.306. The number of aliphatic hydroxyl groups excluding tert-OH is 1. The molecular formula is C15H14N4O3S. The molecule has 0 unspecified atom stereocenters. The number of carbonyl (C=O) groups excluding carboxylic acids is 1. The van der Waals surface area contributed by atoms with Gasteiger partial charge in [-0.1, -0.05) is 6.07 Å². The van der Waals surface area contributed by atoms with Gasteiger partial charge in [0.05, 0.1) is 24.4 Å². The molecule has 1 aromatic carbocycles. The summed E-state index contributed by atoms with van der Waals surface area (Å²) < 4.78 is 9.55. The quantitative estimate of drug-likeness (QED) is 0.716. The molecule has 2 heterocycles. The van der Waals surface area contributed by atoms with E-state index in [0.29, 0.717) is 11.1 Å². The molecule has 8 heteroatoms. The number of rotatable bonds is 5. The molecule has 3 aromatic rings. The first-order valence-electron chi connectivity index (χ1n) is 6.97. The van der Waals surface area contributed by atoms with Crippen LogP contribution in [0.15, 0.2) is 47.4 Å². The second-order valence-electron chi connectivity index (χ2n) is 5.02. The van der Waals surface area contributed by atoms with Crippen molar-refractivity contribution in [2.75, 3.05) is 6.54 Å². The predicted molar refractivity (Wildman–Crippen MR) is 86.5 cm³/mol. The zero-order chi connectivity index (χ0) is 16.2. The minimum absolute atomic E-state index is 0.0491. The number of aromatic nitrogens is 3. The van der Waals surface area contributed by atoms with Crippen molar-refractivity contribution in [1.29, 1.82) is 0 Å². The average molecular weight is 330 g/mol. The van der Waals surface area contributed by atoms with E-state index in [1.165, 1.54) is 10.6 Å². The van der Waals surface area contributed by atoms with Crippen LogP contribution in [0.2, 0.25) is 0 Å². The molecule has 0 aliphatic carbocycles. The number of benzene rings is 1. The van der Waals surface area contributed by atoms with Crippen LogP contribution in [-0.4, -0.2) is 37.0 Å². The van der Waals surface area contributed by atoms with Gasteiger partial charge in [0.1, 0.15) is 11.0 Å². The maximum Gasteiger partial charge on any atom is 0.251 e. The van der Waals surface area contributed by atoms with Crippen molar-refractivity contribution < 1.29 is 9.90 Å². The molecular weight excluding hydrogens is 316 g/mol. The lowest BCUT2D eigenvalue weighted by Crippen LogP contribution is -2.36. The highest BCUT2D eigenvalue weighted by atomic mass is 32.1. The zero-order valence-electron chi connectivity index (χ0n) is 12.0. The topological polar surface area (TPSA) is 97.1 Å². The first kappa shape index (κ1) is 15.3. The second-order valence-corrected chi connectivity index (χ2v) is 5.55. The molecule has 0 aliphatic rings. The number of hydrogen-bond donors (Lipinski definition) is 2. The summed E-state index contributed by atoms with van der Waals surface area (Å²) in [6, 6.07) is 9.81. The molecule has 7 nitrogen and oxygen atoms in total. The minimum atomic E-state index is -0.858. The van der Waals surface area contributed by atoms with Gasteiger partial charge in [-0.2, -0.15) is 8.75 Å². The lowest BCUT2D eigenvalue weighted by Gasteiger charge is -2.13. The number of hydrogen-bond acceptors (Lipinski definition) is 6. The number of carbonyl (C=O) groups is 1. The van der Waals surface area contributed by atoms with Crippen LogP contribution in [0.25, 0.3) is 11.0 Å². The smallest absolute Gasteiger partial charge is 0.251 e. The number of nitrogens with one attached hydrogen (secondary N) is 1. The van der Waals surface area contributed by atoms with Crippen LogP contribution >= 0.6 is 11.7 Å². The Labute approximate surface area is 135 Å². The Morgan fingerprint density at radius 2 is 2.09 bits per heavy atom. The van der Waals surface area contributed by atoms with E-state index in [1.54, 1.807) is 36.5 Å². The van der Waals surface area contributed by atoms with E-state index in [4.69, 9.17) is 0 Å². The van der Waals surface area contributed by atoms with Gasteiger partial charge in [-0.3, -0.25) is 9.59 Å². The van der Waals surface area contributed by atoms with Crippen LogP contribution < -0.4 is 10.9 Å². The lowest BCUT2D eigenvalue weighted by molar-refractivity contribution is 0.0903. The van der Waals surface area contributed by atoms with Crippen molar-refractivity contribution in [3.8, 4) is 0 Å². The van der Waals surface area contributed by atoms with E-state index in [9.17, 15) is 14.7 Å². The van der Waals surface area contributed by atoms with Crippen molar-refractivity contribution in [2.45, 2.75) is 12.6 Å². The molecule has 0 saturated heterocycles. The molecule has 0 spiro atoms. The molecule has 0 radical (unpaired) electrons. The predicted octanol–water partition coefficient (Wildman–Crippen LogP) is 0.644. The fourth-order valence-corrected chi connectivity index (χ4v) is 2.66. The van der Waals surface area contributed by atoms with E-state index in [-0.39, 0.29) is 24.6 Å². The zero-order valence-corrected chi connectivity index (χ0v) is 12.9. The molecule has 3 rings (SSSR count). The Bertz CT molecular complexity index is 889. The standard InChI is InChI=1S/C15H14N4O3S/c20-11(9-19-6-2-1-3-14(19)21)8-16-15(22)10-4-5-12-13(7-10)18-23-17-12/h1-7,11,20H,8-9H2,(H,16,22)/t11-/m0/s1. The molecule has 0 aliphatic heterocycles. The summed E-state index contributed by atoms with van der Waals surface area (Å²) in [5, 5.41) is 12.6. The average Bonchev–Trinajstić information content (AvgIpc) is 3.02. The second kappa shape index (κ2) is 6.67. The number of amides is 1. The third-order valence-electron chi connectivity index (χ3n) is 3.32. The Hall–Kier alpha value is -2.58. The van der Waals surface area contributed by atoms with Crippen molar-refractivity contribution in [3.05, 3.63) is 58.5 Å². The summed E-state index contributed by atoms with van der Waals surface area (Å²) in [5.41, 5.74) is 1.67. The van der Waals surface area contributed by atoms with Gasteiger partial charge in [0.15, 0.2) is 0 Å². The third kappa shape index (κ3) is 3.61. The molecule has 118 valence electrons. The molecule has 2 aromatic heterocycles. The van der Waals surface area contributed by atoms with Gasteiger partial charge in [-0.15, -0.1) is 0 Å². The van der Waals surface area contributed by atoms with Crippen LogP contribution in [-0.2, 0) is 6.54 Å². The maximum atomic E-state index is 12.1. The molecule has 2 N–H and O–H groups in total. The van der Waals surface area contributed by atoms with Crippen molar-refractivity contribution in [3.63, 3.8) is 0 Å². The van der Waals surface area contributed by atoms with E-state index in [2.05, 4.69) is 14.1 Å². The summed E-state index contributed by atoms with van der Waals surface area (Å²) in [6.45, 7) is 0.169. The van der Waals surface area contributed by atoms with E-state index in [0.717, 1.165) is 17.2 Å². The van der Waals surface area contributed by atoms with Gasteiger partial charge < -0.3 is 15.0 Å². The van der Waals surface area contributed by atoms with Crippen LogP contribution in [0.4, 0.5) is 0 Å². The van der Waals surface area contributed by atoms with Gasteiger partial charge >= 0.3 is 0 Å². The van der Waals surface area contributed by atoms with E-state index in [1.807, 2.05) is 0 Å². The maximum absolute atomic E-state index is 12.1. The molecule has 1 atom stereocenters. The summed E-state index contributed by atoms with van der Waals surface area (Å²) in [6.07, 6.45) is 0.736. The normalized spacial score (nSPS) is 12.2.